The van der Waals surface area contributed by atoms with E-state index in [1.54, 1.807) is 25.1 Å². The second-order valence-corrected chi connectivity index (χ2v) is 5.41. The highest BCUT2D eigenvalue weighted by atomic mass is 35.5. The summed E-state index contributed by atoms with van der Waals surface area (Å²) < 4.78 is 5.40. The molecule has 0 aliphatic rings. The number of anilines is 1. The smallest absolute Gasteiger partial charge is 0.269 e. The summed E-state index contributed by atoms with van der Waals surface area (Å²) in [5, 5.41) is 14.0. The fourth-order valence-corrected chi connectivity index (χ4v) is 2.06. The normalized spacial score (nSPS) is 10.2. The number of nitro groups is 1. The van der Waals surface area contributed by atoms with Crippen molar-refractivity contribution >= 4 is 28.9 Å². The van der Waals surface area contributed by atoms with Gasteiger partial charge in [-0.2, -0.15) is 0 Å². The SMILES string of the molecule is Cc1cc(OCC(=O)Nc2ccc([N+](=O)[O-])cc2C)ccc1Cl. The molecule has 0 radical (unpaired) electrons. The highest BCUT2D eigenvalue weighted by Gasteiger charge is 2.11. The van der Waals surface area contributed by atoms with Crippen LogP contribution in [0.1, 0.15) is 11.1 Å². The molecule has 0 spiro atoms. The molecule has 0 bridgehead atoms. The molecule has 0 aromatic heterocycles. The van der Waals surface area contributed by atoms with Crippen LogP contribution in [-0.4, -0.2) is 17.4 Å². The van der Waals surface area contributed by atoms with Crippen LogP contribution in [0.3, 0.4) is 0 Å². The Morgan fingerprint density at radius 1 is 1.22 bits per heavy atom. The molecule has 120 valence electrons. The van der Waals surface area contributed by atoms with Gasteiger partial charge in [0, 0.05) is 22.8 Å². The van der Waals surface area contributed by atoms with Gasteiger partial charge in [0.2, 0.25) is 0 Å². The molecular weight excluding hydrogens is 320 g/mol. The molecule has 0 fully saturated rings. The first-order valence-corrected chi connectivity index (χ1v) is 7.18. The molecule has 1 amide bonds. The van der Waals surface area contributed by atoms with E-state index in [9.17, 15) is 14.9 Å². The molecule has 2 aromatic rings. The number of hydrogen-bond acceptors (Lipinski definition) is 4. The zero-order chi connectivity index (χ0) is 17.0. The second-order valence-electron chi connectivity index (χ2n) is 5.00. The number of ether oxygens (including phenoxy) is 1. The van der Waals surface area contributed by atoms with Crippen LogP contribution >= 0.6 is 11.6 Å². The summed E-state index contributed by atoms with van der Waals surface area (Å²) in [7, 11) is 0. The van der Waals surface area contributed by atoms with Gasteiger partial charge in [0.15, 0.2) is 6.61 Å². The van der Waals surface area contributed by atoms with Crippen molar-refractivity contribution in [3.05, 3.63) is 62.7 Å². The molecule has 0 heterocycles. The van der Waals surface area contributed by atoms with E-state index in [0.717, 1.165) is 5.56 Å². The maximum atomic E-state index is 11.9. The summed E-state index contributed by atoms with van der Waals surface area (Å²) >= 11 is 5.92. The number of carbonyl (C=O) groups is 1. The van der Waals surface area contributed by atoms with Crippen molar-refractivity contribution in [3.63, 3.8) is 0 Å². The number of rotatable bonds is 5. The molecule has 6 nitrogen and oxygen atoms in total. The minimum atomic E-state index is -0.482. The number of halogens is 1. The lowest BCUT2D eigenvalue weighted by atomic mass is 10.2. The Hall–Kier alpha value is -2.60. The Labute approximate surface area is 138 Å². The number of nitro benzene ring substituents is 1. The number of carbonyl (C=O) groups excluding carboxylic acids is 1. The first kappa shape index (κ1) is 16.8. The maximum absolute atomic E-state index is 11.9. The topological polar surface area (TPSA) is 81.5 Å². The van der Waals surface area contributed by atoms with Crippen molar-refractivity contribution in [1.82, 2.24) is 0 Å². The first-order valence-electron chi connectivity index (χ1n) is 6.80. The van der Waals surface area contributed by atoms with E-state index in [1.807, 2.05) is 6.92 Å². The van der Waals surface area contributed by atoms with Crippen molar-refractivity contribution in [2.24, 2.45) is 0 Å². The molecular formula is C16H15ClN2O4. The van der Waals surface area contributed by atoms with Gasteiger partial charge in [-0.25, -0.2) is 0 Å². The molecule has 2 aromatic carbocycles. The number of amides is 1. The fourth-order valence-electron chi connectivity index (χ4n) is 1.94. The average Bonchev–Trinajstić information content (AvgIpc) is 2.50. The lowest BCUT2D eigenvalue weighted by molar-refractivity contribution is -0.384. The predicted molar refractivity (Wildman–Crippen MR) is 88.1 cm³/mol. The van der Waals surface area contributed by atoms with E-state index in [0.29, 0.717) is 22.0 Å². The Kier molecular flexibility index (Phi) is 5.18. The van der Waals surface area contributed by atoms with Crippen LogP contribution < -0.4 is 10.1 Å². The van der Waals surface area contributed by atoms with Gasteiger partial charge in [-0.15, -0.1) is 0 Å². The van der Waals surface area contributed by atoms with Gasteiger partial charge in [0.05, 0.1) is 4.92 Å². The van der Waals surface area contributed by atoms with Crippen LogP contribution in [0.25, 0.3) is 0 Å². The van der Waals surface area contributed by atoms with E-state index in [4.69, 9.17) is 16.3 Å². The third-order valence-corrected chi connectivity index (χ3v) is 3.62. The Balaban J connectivity index is 1.97. The fraction of sp³-hybridized carbons (Fsp3) is 0.188. The first-order chi connectivity index (χ1) is 10.9. The number of aryl methyl sites for hydroxylation is 2. The average molecular weight is 335 g/mol. The number of nitrogens with one attached hydrogen (secondary N) is 1. The predicted octanol–water partition coefficient (Wildman–Crippen LogP) is 3.88. The Morgan fingerprint density at radius 2 is 1.96 bits per heavy atom. The zero-order valence-corrected chi connectivity index (χ0v) is 13.4. The van der Waals surface area contributed by atoms with Crippen molar-refractivity contribution < 1.29 is 14.5 Å². The van der Waals surface area contributed by atoms with Gasteiger partial charge >= 0.3 is 0 Å². The summed E-state index contributed by atoms with van der Waals surface area (Å²) in [4.78, 5) is 22.1. The molecule has 0 aliphatic heterocycles. The Morgan fingerprint density at radius 3 is 2.57 bits per heavy atom. The quantitative estimate of drug-likeness (QED) is 0.664. The van der Waals surface area contributed by atoms with Crippen molar-refractivity contribution in [3.8, 4) is 5.75 Å². The molecule has 0 unspecified atom stereocenters. The third kappa shape index (κ3) is 4.43. The van der Waals surface area contributed by atoms with Crippen LogP contribution in [0.5, 0.6) is 5.75 Å². The lowest BCUT2D eigenvalue weighted by Gasteiger charge is -2.10. The molecule has 23 heavy (non-hydrogen) atoms. The van der Waals surface area contributed by atoms with Crippen molar-refractivity contribution in [2.45, 2.75) is 13.8 Å². The highest BCUT2D eigenvalue weighted by molar-refractivity contribution is 6.31. The van der Waals surface area contributed by atoms with Crippen LogP contribution in [0, 0.1) is 24.0 Å². The minimum Gasteiger partial charge on any atom is -0.484 e. The summed E-state index contributed by atoms with van der Waals surface area (Å²) in [6.07, 6.45) is 0. The van der Waals surface area contributed by atoms with Gasteiger partial charge in [0.1, 0.15) is 5.75 Å². The molecule has 2 rings (SSSR count). The molecule has 0 aliphatic carbocycles. The van der Waals surface area contributed by atoms with Crippen LogP contribution in [0.4, 0.5) is 11.4 Å². The largest absolute Gasteiger partial charge is 0.484 e. The van der Waals surface area contributed by atoms with E-state index < -0.39 is 4.92 Å². The van der Waals surface area contributed by atoms with Crippen LogP contribution in [0.15, 0.2) is 36.4 Å². The van der Waals surface area contributed by atoms with Crippen molar-refractivity contribution in [2.75, 3.05) is 11.9 Å². The van der Waals surface area contributed by atoms with Crippen LogP contribution in [0.2, 0.25) is 5.02 Å². The van der Waals surface area contributed by atoms with Gasteiger partial charge in [-0.3, -0.25) is 14.9 Å². The molecule has 0 atom stereocenters. The number of non-ortho nitro benzene ring substituents is 1. The van der Waals surface area contributed by atoms with E-state index in [2.05, 4.69) is 5.32 Å². The highest BCUT2D eigenvalue weighted by Crippen LogP contribution is 2.22. The molecule has 1 N–H and O–H groups in total. The van der Waals surface area contributed by atoms with Gasteiger partial charge in [0.25, 0.3) is 11.6 Å². The summed E-state index contributed by atoms with van der Waals surface area (Å²) in [6.45, 7) is 3.36. The summed E-state index contributed by atoms with van der Waals surface area (Å²) in [5.41, 5.74) is 1.95. The summed E-state index contributed by atoms with van der Waals surface area (Å²) in [5.74, 6) is 0.192. The van der Waals surface area contributed by atoms with E-state index >= 15 is 0 Å². The van der Waals surface area contributed by atoms with E-state index in [1.165, 1.54) is 18.2 Å². The van der Waals surface area contributed by atoms with Gasteiger partial charge < -0.3 is 10.1 Å². The lowest BCUT2D eigenvalue weighted by Crippen LogP contribution is -2.20. The molecule has 0 saturated carbocycles. The third-order valence-electron chi connectivity index (χ3n) is 3.19. The minimum absolute atomic E-state index is 0.0200. The Bertz CT molecular complexity index is 762. The summed E-state index contributed by atoms with van der Waals surface area (Å²) in [6, 6.07) is 9.36. The monoisotopic (exact) mass is 334 g/mol. The second kappa shape index (κ2) is 7.11. The van der Waals surface area contributed by atoms with Crippen molar-refractivity contribution in [1.29, 1.82) is 0 Å². The van der Waals surface area contributed by atoms with Crippen LogP contribution in [-0.2, 0) is 4.79 Å². The molecule has 0 saturated heterocycles. The molecule has 7 heteroatoms. The van der Waals surface area contributed by atoms with Gasteiger partial charge in [-0.1, -0.05) is 11.6 Å². The zero-order valence-electron chi connectivity index (χ0n) is 12.6. The van der Waals surface area contributed by atoms with Gasteiger partial charge in [-0.05, 0) is 49.2 Å². The number of hydrogen-bond donors (Lipinski definition) is 1. The number of benzene rings is 2. The maximum Gasteiger partial charge on any atom is 0.269 e. The number of nitrogens with zero attached hydrogens (tertiary/aromatic N) is 1. The standard InChI is InChI=1S/C16H15ClN2O4/c1-10-8-13(4-5-14(10)17)23-9-16(20)18-15-6-3-12(19(21)22)7-11(15)2/h3-8H,9H2,1-2H3,(H,18,20). The van der Waals surface area contributed by atoms with E-state index in [-0.39, 0.29) is 18.2 Å².